The van der Waals surface area contributed by atoms with Crippen LogP contribution in [0.25, 0.3) is 0 Å². The molecule has 4 rings (SSSR count). The van der Waals surface area contributed by atoms with Gasteiger partial charge in [0.2, 0.25) is 0 Å². The van der Waals surface area contributed by atoms with Gasteiger partial charge in [-0.25, -0.2) is 0 Å². The molecule has 2 bridgehead atoms. The van der Waals surface area contributed by atoms with Crippen molar-refractivity contribution in [3.8, 4) is 0 Å². The first-order chi connectivity index (χ1) is 10.3. The van der Waals surface area contributed by atoms with Gasteiger partial charge in [0.25, 0.3) is 0 Å². The van der Waals surface area contributed by atoms with Gasteiger partial charge in [-0.2, -0.15) is 0 Å². The molecule has 0 aromatic rings. The first kappa shape index (κ1) is 13.1. The van der Waals surface area contributed by atoms with E-state index in [0.29, 0.717) is 12.3 Å². The van der Waals surface area contributed by atoms with E-state index in [1.54, 1.807) is 6.08 Å². The van der Waals surface area contributed by atoms with Gasteiger partial charge < -0.3 is 4.74 Å². The number of carbonyl (C=O) groups is 1. The number of ether oxygens (including phenoxy) is 1. The maximum atomic E-state index is 11.5. The van der Waals surface area contributed by atoms with E-state index in [-0.39, 0.29) is 5.78 Å². The molecule has 2 heteroatoms. The molecular weight excluding hydrogens is 260 g/mol. The highest BCUT2D eigenvalue weighted by Gasteiger charge is 2.35. The molecule has 0 spiro atoms. The Balaban J connectivity index is 1.30. The Labute approximate surface area is 126 Å². The fourth-order valence-corrected chi connectivity index (χ4v) is 4.27. The van der Waals surface area contributed by atoms with Crippen LogP contribution in [0.5, 0.6) is 0 Å². The number of hydrogen-bond donors (Lipinski definition) is 0. The highest BCUT2D eigenvalue weighted by molar-refractivity contribution is 5.93. The molecule has 4 unspecified atom stereocenters. The number of rotatable bonds is 4. The molecule has 0 aliphatic heterocycles. The van der Waals surface area contributed by atoms with Crippen LogP contribution in [0, 0.1) is 23.7 Å². The lowest BCUT2D eigenvalue weighted by Crippen LogP contribution is -2.15. The minimum atomic E-state index is 0.215. The van der Waals surface area contributed by atoms with Crippen LogP contribution in [0.15, 0.2) is 47.8 Å². The molecule has 0 aromatic carbocycles. The molecule has 2 nitrogen and oxygen atoms in total. The third-order valence-corrected chi connectivity index (χ3v) is 5.44. The van der Waals surface area contributed by atoms with Gasteiger partial charge in [0.15, 0.2) is 5.78 Å². The highest BCUT2D eigenvalue weighted by Crippen LogP contribution is 2.45. The van der Waals surface area contributed by atoms with Crippen molar-refractivity contribution in [3.05, 3.63) is 47.8 Å². The smallest absolute Gasteiger partial charge is 0.159 e. The first-order valence-electron chi connectivity index (χ1n) is 8.21. The normalized spacial score (nSPS) is 36.5. The van der Waals surface area contributed by atoms with Crippen molar-refractivity contribution in [1.82, 2.24) is 0 Å². The number of carbonyl (C=O) groups excluding carboxylic acids is 1. The van der Waals surface area contributed by atoms with Crippen LogP contribution >= 0.6 is 0 Å². The summed E-state index contributed by atoms with van der Waals surface area (Å²) >= 11 is 0. The first-order valence-corrected chi connectivity index (χ1v) is 8.21. The van der Waals surface area contributed by atoms with Crippen LogP contribution in [0.1, 0.15) is 32.1 Å². The summed E-state index contributed by atoms with van der Waals surface area (Å²) in [7, 11) is 0. The second-order valence-corrected chi connectivity index (χ2v) is 6.85. The second-order valence-electron chi connectivity index (χ2n) is 6.85. The fraction of sp³-hybridized carbons (Fsp3) is 0.526. The molecule has 0 amide bonds. The quantitative estimate of drug-likeness (QED) is 0.729. The van der Waals surface area contributed by atoms with E-state index in [1.165, 1.54) is 18.4 Å². The zero-order valence-corrected chi connectivity index (χ0v) is 12.3. The van der Waals surface area contributed by atoms with Gasteiger partial charge in [0.1, 0.15) is 5.76 Å². The minimum absolute atomic E-state index is 0.215. The zero-order chi connectivity index (χ0) is 14.2. The van der Waals surface area contributed by atoms with Crippen LogP contribution < -0.4 is 0 Å². The summed E-state index contributed by atoms with van der Waals surface area (Å²) in [6.07, 6.45) is 18.3. The number of hydrogen-bond acceptors (Lipinski definition) is 2. The van der Waals surface area contributed by atoms with E-state index in [1.807, 2.05) is 6.08 Å². The summed E-state index contributed by atoms with van der Waals surface area (Å²) in [5, 5.41) is 0. The lowest BCUT2D eigenvalue weighted by molar-refractivity contribution is -0.114. The second kappa shape index (κ2) is 5.32. The van der Waals surface area contributed by atoms with Gasteiger partial charge in [-0.05, 0) is 61.7 Å². The van der Waals surface area contributed by atoms with Crippen molar-refractivity contribution in [2.45, 2.75) is 32.1 Å². The standard InChI is InChI=1S/C19H22O2/c20-18-5-3-14-4-6-19(12-17(14)11-18)21-8-7-16-10-13-1-2-15(16)9-13/h1-3,5-6,12-16H,4,7-11H2. The van der Waals surface area contributed by atoms with E-state index >= 15 is 0 Å². The average Bonchev–Trinajstić information content (AvgIpc) is 3.09. The Morgan fingerprint density at radius 1 is 1.19 bits per heavy atom. The third kappa shape index (κ3) is 2.64. The molecule has 110 valence electrons. The van der Waals surface area contributed by atoms with Crippen LogP contribution in [0.2, 0.25) is 0 Å². The van der Waals surface area contributed by atoms with Crippen LogP contribution in [0.4, 0.5) is 0 Å². The lowest BCUT2D eigenvalue weighted by Gasteiger charge is -2.24. The Kier molecular flexibility index (Phi) is 3.33. The molecule has 1 saturated carbocycles. The largest absolute Gasteiger partial charge is 0.494 e. The van der Waals surface area contributed by atoms with Gasteiger partial charge >= 0.3 is 0 Å². The van der Waals surface area contributed by atoms with E-state index < -0.39 is 0 Å². The lowest BCUT2D eigenvalue weighted by atomic mass is 9.84. The summed E-state index contributed by atoms with van der Waals surface area (Å²) in [5.41, 5.74) is 1.22. The van der Waals surface area contributed by atoms with Crippen LogP contribution in [-0.2, 0) is 9.53 Å². The van der Waals surface area contributed by atoms with Gasteiger partial charge in [-0.3, -0.25) is 4.79 Å². The maximum absolute atomic E-state index is 11.5. The minimum Gasteiger partial charge on any atom is -0.494 e. The van der Waals surface area contributed by atoms with E-state index in [0.717, 1.165) is 43.0 Å². The Bertz CT molecular complexity index is 564. The monoisotopic (exact) mass is 282 g/mol. The summed E-state index contributed by atoms with van der Waals surface area (Å²) in [6.45, 7) is 0.811. The molecule has 1 fully saturated rings. The molecule has 0 heterocycles. The number of ketones is 1. The predicted octanol–water partition coefficient (Wildman–Crippen LogP) is 3.96. The van der Waals surface area contributed by atoms with Crippen LogP contribution in [-0.4, -0.2) is 12.4 Å². The van der Waals surface area contributed by atoms with E-state index in [4.69, 9.17) is 4.74 Å². The molecule has 4 atom stereocenters. The highest BCUT2D eigenvalue weighted by atomic mass is 16.5. The third-order valence-electron chi connectivity index (χ3n) is 5.44. The van der Waals surface area contributed by atoms with Crippen molar-refractivity contribution < 1.29 is 9.53 Å². The Hall–Kier alpha value is -1.57. The summed E-state index contributed by atoms with van der Waals surface area (Å²) in [6, 6.07) is 0. The predicted molar refractivity (Wildman–Crippen MR) is 82.5 cm³/mol. The Morgan fingerprint density at radius 3 is 2.95 bits per heavy atom. The van der Waals surface area contributed by atoms with Crippen molar-refractivity contribution in [1.29, 1.82) is 0 Å². The summed E-state index contributed by atoms with van der Waals surface area (Å²) < 4.78 is 5.96. The van der Waals surface area contributed by atoms with E-state index in [2.05, 4.69) is 24.3 Å². The van der Waals surface area contributed by atoms with Gasteiger partial charge in [-0.1, -0.05) is 23.8 Å². The molecule has 0 N–H and O–H groups in total. The molecular formula is C19H22O2. The molecule has 0 saturated heterocycles. The van der Waals surface area contributed by atoms with Crippen molar-refractivity contribution in [2.75, 3.05) is 6.61 Å². The molecule has 0 radical (unpaired) electrons. The van der Waals surface area contributed by atoms with E-state index in [9.17, 15) is 4.79 Å². The topological polar surface area (TPSA) is 26.3 Å². The van der Waals surface area contributed by atoms with Gasteiger partial charge in [0, 0.05) is 12.3 Å². The van der Waals surface area contributed by atoms with Crippen molar-refractivity contribution in [2.24, 2.45) is 23.7 Å². The molecule has 0 aromatic heterocycles. The number of fused-ring (bicyclic) bond motifs is 3. The molecule has 21 heavy (non-hydrogen) atoms. The fourth-order valence-electron chi connectivity index (χ4n) is 4.27. The number of allylic oxidation sites excluding steroid dienone is 7. The average molecular weight is 282 g/mol. The van der Waals surface area contributed by atoms with Crippen LogP contribution in [0.3, 0.4) is 0 Å². The Morgan fingerprint density at radius 2 is 2.14 bits per heavy atom. The maximum Gasteiger partial charge on any atom is 0.159 e. The SMILES string of the molecule is O=C1C=CC2CC=C(OCCC3CC4C=CC3C4)C=C2C1. The van der Waals surface area contributed by atoms with Gasteiger partial charge in [0.05, 0.1) is 6.61 Å². The summed E-state index contributed by atoms with van der Waals surface area (Å²) in [5.74, 6) is 4.09. The molecule has 4 aliphatic rings. The summed E-state index contributed by atoms with van der Waals surface area (Å²) in [4.78, 5) is 11.5. The zero-order valence-electron chi connectivity index (χ0n) is 12.3. The van der Waals surface area contributed by atoms with Crippen molar-refractivity contribution >= 4 is 5.78 Å². The van der Waals surface area contributed by atoms with Crippen molar-refractivity contribution in [3.63, 3.8) is 0 Å². The molecule has 4 aliphatic carbocycles. The van der Waals surface area contributed by atoms with Gasteiger partial charge in [-0.15, -0.1) is 0 Å².